The second-order valence-electron chi connectivity index (χ2n) is 1.66. The van der Waals surface area contributed by atoms with E-state index in [9.17, 15) is 10.1 Å². The van der Waals surface area contributed by atoms with Crippen molar-refractivity contribution in [3.05, 3.63) is 10.1 Å². The Morgan fingerprint density at radius 1 is 1.75 bits per heavy atom. The molecule has 0 aromatic carbocycles. The van der Waals surface area contributed by atoms with Gasteiger partial charge in [-0.3, -0.25) is 0 Å². The molecule has 0 saturated carbocycles. The minimum atomic E-state index is 0.119. The Morgan fingerprint density at radius 3 is 2.75 bits per heavy atom. The fourth-order valence-corrected chi connectivity index (χ4v) is 0.393. The van der Waals surface area contributed by atoms with Gasteiger partial charge in [0, 0.05) is 6.42 Å². The predicted molar refractivity (Wildman–Crippen MR) is 30.4 cm³/mol. The van der Waals surface area contributed by atoms with Crippen LogP contribution in [-0.2, 0) is 0 Å². The van der Waals surface area contributed by atoms with Crippen molar-refractivity contribution in [2.75, 3.05) is 20.1 Å². The van der Waals surface area contributed by atoms with E-state index in [1.807, 2.05) is 0 Å². The number of nitrogens with one attached hydrogen (secondary N) is 1. The van der Waals surface area contributed by atoms with Gasteiger partial charge in [0.15, 0.2) is 0 Å². The number of hydroxylamine groups is 2. The zero-order valence-corrected chi connectivity index (χ0v) is 4.89. The number of hydrogen-bond acceptors (Lipinski definition) is 3. The third kappa shape index (κ3) is 5.52. The summed E-state index contributed by atoms with van der Waals surface area (Å²) in [7, 11) is 1.50. The number of rotatable bonds is 4. The van der Waals surface area contributed by atoms with Gasteiger partial charge in [0.05, 0.1) is 20.1 Å². The molecule has 1 N–H and O–H groups in total. The molecule has 0 aliphatic carbocycles. The summed E-state index contributed by atoms with van der Waals surface area (Å²) in [6.45, 7) is 0.741. The zero-order valence-electron chi connectivity index (χ0n) is 4.89. The first-order valence-corrected chi connectivity index (χ1v) is 2.56. The highest BCUT2D eigenvalue weighted by Crippen LogP contribution is 1.71. The Balaban J connectivity index is 2.81. The molecule has 8 heavy (non-hydrogen) atoms. The second kappa shape index (κ2) is 4.67. The highest BCUT2D eigenvalue weighted by Gasteiger charge is 1.87. The number of nitrogens with zero attached hydrogens (tertiary/aromatic N) is 1. The molecule has 1 atom stereocenters. The van der Waals surface area contributed by atoms with Crippen LogP contribution in [0.3, 0.4) is 0 Å². The van der Waals surface area contributed by atoms with Gasteiger partial charge in [-0.25, -0.2) is 0 Å². The van der Waals surface area contributed by atoms with Crippen molar-refractivity contribution in [2.45, 2.75) is 6.42 Å². The molecule has 0 aliphatic heterocycles. The molecule has 0 saturated heterocycles. The van der Waals surface area contributed by atoms with Crippen LogP contribution in [0.2, 0.25) is 0 Å². The van der Waals surface area contributed by atoms with Gasteiger partial charge in [-0.05, 0) is 0 Å². The van der Waals surface area contributed by atoms with Crippen LogP contribution < -0.4 is 5.06 Å². The maximum absolute atomic E-state index is 10.2. The summed E-state index contributed by atoms with van der Waals surface area (Å²) in [5.74, 6) is 0. The Hall–Kier alpha value is -0.480. The molecular weight excluding hydrogens is 108 g/mol. The summed E-state index contributed by atoms with van der Waals surface area (Å²) in [6.07, 6.45) is 0.596. The van der Waals surface area contributed by atoms with Crippen LogP contribution in [0.25, 0.3) is 0 Å². The smallest absolute Gasteiger partial charge is 0.0864 e. The molecule has 1 unspecified atom stereocenters. The standard InChI is InChI=1S/C4H10N2O2/c1-6(8)4-2-3-5-7/h6H,2-4H2,1H3. The molecule has 0 aromatic heterocycles. The molecule has 0 spiro atoms. The van der Waals surface area contributed by atoms with Crippen LogP contribution in [0.15, 0.2) is 5.18 Å². The van der Waals surface area contributed by atoms with Gasteiger partial charge in [-0.2, -0.15) is 4.91 Å². The van der Waals surface area contributed by atoms with E-state index in [0.717, 1.165) is 0 Å². The van der Waals surface area contributed by atoms with Gasteiger partial charge >= 0.3 is 0 Å². The Morgan fingerprint density at radius 2 is 2.38 bits per heavy atom. The first kappa shape index (κ1) is 7.52. The summed E-state index contributed by atoms with van der Waals surface area (Å²) < 4.78 is 0. The van der Waals surface area contributed by atoms with Crippen LogP contribution in [0.5, 0.6) is 0 Å². The highest BCUT2D eigenvalue weighted by atomic mass is 16.5. The number of nitroso groups, excluding NO2 is 1. The highest BCUT2D eigenvalue weighted by molar-refractivity contribution is 4.38. The minimum Gasteiger partial charge on any atom is -0.634 e. The van der Waals surface area contributed by atoms with E-state index >= 15 is 0 Å². The molecule has 0 fully saturated rings. The molecule has 4 heteroatoms. The van der Waals surface area contributed by atoms with Gasteiger partial charge in [0.2, 0.25) is 0 Å². The van der Waals surface area contributed by atoms with E-state index in [0.29, 0.717) is 13.0 Å². The molecule has 0 rings (SSSR count). The van der Waals surface area contributed by atoms with Crippen LogP contribution in [-0.4, -0.2) is 20.1 Å². The quantitative estimate of drug-likeness (QED) is 0.297. The first-order chi connectivity index (χ1) is 3.77. The van der Waals surface area contributed by atoms with E-state index in [2.05, 4.69) is 5.18 Å². The fraction of sp³-hybridized carbons (Fsp3) is 1.00. The van der Waals surface area contributed by atoms with Crippen molar-refractivity contribution < 1.29 is 5.06 Å². The lowest BCUT2D eigenvalue weighted by Gasteiger charge is -2.13. The average molecular weight is 118 g/mol. The Labute approximate surface area is 48.0 Å². The molecule has 0 heterocycles. The van der Waals surface area contributed by atoms with E-state index in [-0.39, 0.29) is 11.6 Å². The maximum atomic E-state index is 10.2. The molecule has 4 nitrogen and oxygen atoms in total. The lowest BCUT2D eigenvalue weighted by Crippen LogP contribution is -3.03. The fourth-order valence-electron chi connectivity index (χ4n) is 0.393. The summed E-state index contributed by atoms with van der Waals surface area (Å²) in [4.78, 5) is 9.43. The Kier molecular flexibility index (Phi) is 4.39. The van der Waals surface area contributed by atoms with E-state index in [4.69, 9.17) is 0 Å². The zero-order chi connectivity index (χ0) is 6.41. The number of quaternary nitrogens is 1. The van der Waals surface area contributed by atoms with Gasteiger partial charge in [-0.1, -0.05) is 5.18 Å². The topological polar surface area (TPSA) is 56.9 Å². The largest absolute Gasteiger partial charge is 0.634 e. The lowest BCUT2D eigenvalue weighted by atomic mass is 10.4. The Bertz CT molecular complexity index is 65.1. The van der Waals surface area contributed by atoms with Gasteiger partial charge in [0.25, 0.3) is 0 Å². The van der Waals surface area contributed by atoms with Crippen molar-refractivity contribution in [2.24, 2.45) is 5.18 Å². The van der Waals surface area contributed by atoms with E-state index in [1.165, 1.54) is 7.05 Å². The normalized spacial score (nSPS) is 13.2. The maximum Gasteiger partial charge on any atom is 0.0864 e. The van der Waals surface area contributed by atoms with Crippen LogP contribution >= 0.6 is 0 Å². The predicted octanol–water partition coefficient (Wildman–Crippen LogP) is -0.845. The number of hydrogen-bond donors (Lipinski definition) is 1. The average Bonchev–Trinajstić information content (AvgIpc) is 1.66. The van der Waals surface area contributed by atoms with Gasteiger partial charge in [0.1, 0.15) is 0 Å². The summed E-state index contributed by atoms with van der Waals surface area (Å²) in [5.41, 5.74) is 0. The summed E-state index contributed by atoms with van der Waals surface area (Å²) >= 11 is 0. The third-order valence-electron chi connectivity index (χ3n) is 0.778. The second-order valence-corrected chi connectivity index (χ2v) is 1.66. The van der Waals surface area contributed by atoms with Crippen molar-refractivity contribution in [1.82, 2.24) is 0 Å². The van der Waals surface area contributed by atoms with Gasteiger partial charge < -0.3 is 10.3 Å². The summed E-state index contributed by atoms with van der Waals surface area (Å²) in [6, 6.07) is 0. The van der Waals surface area contributed by atoms with Crippen LogP contribution in [0, 0.1) is 10.1 Å². The SMILES string of the molecule is C[NH+]([O-])CCCN=O. The first-order valence-electron chi connectivity index (χ1n) is 2.56. The van der Waals surface area contributed by atoms with Crippen LogP contribution in [0.1, 0.15) is 6.42 Å². The van der Waals surface area contributed by atoms with Crippen molar-refractivity contribution in [3.63, 3.8) is 0 Å². The molecule has 0 radical (unpaired) electrons. The minimum absolute atomic E-state index is 0.119. The van der Waals surface area contributed by atoms with E-state index < -0.39 is 0 Å². The molecule has 0 aliphatic rings. The summed E-state index contributed by atoms with van der Waals surface area (Å²) in [5, 5.41) is 12.9. The van der Waals surface area contributed by atoms with Crippen molar-refractivity contribution >= 4 is 0 Å². The molecule has 0 bridgehead atoms. The van der Waals surface area contributed by atoms with Crippen molar-refractivity contribution in [3.8, 4) is 0 Å². The van der Waals surface area contributed by atoms with E-state index in [1.54, 1.807) is 0 Å². The molecule has 0 aromatic rings. The van der Waals surface area contributed by atoms with Crippen LogP contribution in [0.4, 0.5) is 0 Å². The monoisotopic (exact) mass is 118 g/mol. The molecular formula is C4H10N2O2. The molecule has 48 valence electrons. The lowest BCUT2D eigenvalue weighted by molar-refractivity contribution is -0.825. The molecule has 0 amide bonds. The van der Waals surface area contributed by atoms with Crippen molar-refractivity contribution in [1.29, 1.82) is 0 Å². The van der Waals surface area contributed by atoms with Gasteiger partial charge in [-0.15, -0.1) is 0 Å². The third-order valence-corrected chi connectivity index (χ3v) is 0.778.